The summed E-state index contributed by atoms with van der Waals surface area (Å²) in [7, 11) is 0. The van der Waals surface area contributed by atoms with E-state index in [1.54, 1.807) is 24.5 Å². The van der Waals surface area contributed by atoms with E-state index in [2.05, 4.69) is 15.6 Å². The van der Waals surface area contributed by atoms with Crippen LogP contribution in [0.3, 0.4) is 0 Å². The average molecular weight is 295 g/mol. The molecule has 0 saturated heterocycles. The van der Waals surface area contributed by atoms with Gasteiger partial charge in [-0.15, -0.1) is 0 Å². The second-order valence-electron chi connectivity index (χ2n) is 4.85. The van der Waals surface area contributed by atoms with Crippen LogP contribution < -0.4 is 10.6 Å². The Labute approximate surface area is 127 Å². The van der Waals surface area contributed by atoms with Gasteiger partial charge >= 0.3 is 0 Å². The van der Waals surface area contributed by atoms with Crippen LogP contribution in [0.15, 0.2) is 60.9 Å². The molecule has 0 aliphatic carbocycles. The third-order valence-electron chi connectivity index (χ3n) is 3.20. The van der Waals surface area contributed by atoms with Crippen LogP contribution in [-0.2, 0) is 4.79 Å². The summed E-state index contributed by atoms with van der Waals surface area (Å²) >= 11 is 0. The van der Waals surface area contributed by atoms with E-state index in [1.807, 2.05) is 24.3 Å². The first-order valence-corrected chi connectivity index (χ1v) is 6.84. The van der Waals surface area contributed by atoms with Crippen molar-refractivity contribution >= 4 is 28.1 Å². The summed E-state index contributed by atoms with van der Waals surface area (Å²) < 4.78 is 13.0. The zero-order valence-electron chi connectivity index (χ0n) is 11.7. The standard InChI is InChI=1S/C17H14FN3O/c18-14-2-1-3-15(9-14)20-11-17(22)21-16-5-4-13-10-19-7-6-12(13)8-16/h1-10,20H,11H2,(H,21,22). The Hall–Kier alpha value is -2.95. The number of nitrogens with zero attached hydrogens (tertiary/aromatic N) is 1. The van der Waals surface area contributed by atoms with Crippen molar-refractivity contribution in [3.05, 3.63) is 66.7 Å². The molecule has 0 atom stereocenters. The number of amides is 1. The van der Waals surface area contributed by atoms with Crippen molar-refractivity contribution in [1.29, 1.82) is 0 Å². The first-order chi connectivity index (χ1) is 10.7. The molecule has 3 rings (SSSR count). The van der Waals surface area contributed by atoms with Crippen LogP contribution in [0.2, 0.25) is 0 Å². The maximum atomic E-state index is 13.0. The number of anilines is 2. The van der Waals surface area contributed by atoms with Gasteiger partial charge in [-0.05, 0) is 41.8 Å². The molecule has 0 saturated carbocycles. The van der Waals surface area contributed by atoms with Gasteiger partial charge in [-0.3, -0.25) is 9.78 Å². The van der Waals surface area contributed by atoms with Crippen LogP contribution in [0, 0.1) is 5.82 Å². The van der Waals surface area contributed by atoms with Crippen molar-refractivity contribution in [3.8, 4) is 0 Å². The molecule has 3 aromatic rings. The highest BCUT2D eigenvalue weighted by atomic mass is 19.1. The van der Waals surface area contributed by atoms with Gasteiger partial charge in [-0.2, -0.15) is 0 Å². The second kappa shape index (κ2) is 6.22. The van der Waals surface area contributed by atoms with E-state index in [4.69, 9.17) is 0 Å². The molecule has 0 unspecified atom stereocenters. The Kier molecular flexibility index (Phi) is 3.96. The molecule has 0 spiro atoms. The van der Waals surface area contributed by atoms with Crippen LogP contribution in [-0.4, -0.2) is 17.4 Å². The molecule has 0 aliphatic heterocycles. The maximum Gasteiger partial charge on any atom is 0.243 e. The lowest BCUT2D eigenvalue weighted by molar-refractivity contribution is -0.114. The number of pyridine rings is 1. The van der Waals surface area contributed by atoms with Crippen molar-refractivity contribution in [2.45, 2.75) is 0 Å². The molecule has 0 fully saturated rings. The summed E-state index contributed by atoms with van der Waals surface area (Å²) in [6.07, 6.45) is 3.48. The number of halogens is 1. The van der Waals surface area contributed by atoms with E-state index < -0.39 is 0 Å². The zero-order chi connectivity index (χ0) is 15.4. The van der Waals surface area contributed by atoms with Crippen LogP contribution >= 0.6 is 0 Å². The summed E-state index contributed by atoms with van der Waals surface area (Å²) in [6, 6.07) is 13.5. The molecule has 4 nitrogen and oxygen atoms in total. The minimum absolute atomic E-state index is 0.0673. The average Bonchev–Trinajstić information content (AvgIpc) is 2.53. The summed E-state index contributed by atoms with van der Waals surface area (Å²) in [5.41, 5.74) is 1.28. The van der Waals surface area contributed by atoms with E-state index in [0.717, 1.165) is 10.8 Å². The van der Waals surface area contributed by atoms with E-state index in [-0.39, 0.29) is 18.3 Å². The van der Waals surface area contributed by atoms with E-state index in [0.29, 0.717) is 11.4 Å². The number of hydrogen-bond acceptors (Lipinski definition) is 3. The molecular formula is C17H14FN3O. The topological polar surface area (TPSA) is 54.0 Å². The molecule has 22 heavy (non-hydrogen) atoms. The fourth-order valence-corrected chi connectivity index (χ4v) is 2.15. The lowest BCUT2D eigenvalue weighted by Crippen LogP contribution is -2.21. The third-order valence-corrected chi connectivity index (χ3v) is 3.20. The first-order valence-electron chi connectivity index (χ1n) is 6.84. The second-order valence-corrected chi connectivity index (χ2v) is 4.85. The molecule has 1 amide bonds. The van der Waals surface area contributed by atoms with Gasteiger partial charge in [0.25, 0.3) is 0 Å². The number of hydrogen-bond donors (Lipinski definition) is 2. The number of benzene rings is 2. The van der Waals surface area contributed by atoms with Gasteiger partial charge in [0.15, 0.2) is 0 Å². The molecule has 2 aromatic carbocycles. The maximum absolute atomic E-state index is 13.0. The quantitative estimate of drug-likeness (QED) is 0.775. The highest BCUT2D eigenvalue weighted by molar-refractivity contribution is 5.96. The number of fused-ring (bicyclic) bond motifs is 1. The van der Waals surface area contributed by atoms with Gasteiger partial charge in [0.1, 0.15) is 5.82 Å². The van der Waals surface area contributed by atoms with Crippen molar-refractivity contribution in [3.63, 3.8) is 0 Å². The number of rotatable bonds is 4. The number of nitrogens with one attached hydrogen (secondary N) is 2. The highest BCUT2D eigenvalue weighted by Gasteiger charge is 2.03. The molecule has 0 radical (unpaired) electrons. The molecular weight excluding hydrogens is 281 g/mol. The molecule has 1 heterocycles. The van der Waals surface area contributed by atoms with Gasteiger partial charge in [-0.25, -0.2) is 4.39 Å². The van der Waals surface area contributed by atoms with Gasteiger partial charge in [-0.1, -0.05) is 12.1 Å². The van der Waals surface area contributed by atoms with Gasteiger partial charge in [0.05, 0.1) is 6.54 Å². The van der Waals surface area contributed by atoms with Crippen molar-refractivity contribution in [2.75, 3.05) is 17.2 Å². The van der Waals surface area contributed by atoms with Crippen LogP contribution in [0.4, 0.5) is 15.8 Å². The summed E-state index contributed by atoms with van der Waals surface area (Å²) in [4.78, 5) is 16.0. The zero-order valence-corrected chi connectivity index (χ0v) is 11.7. The molecule has 1 aromatic heterocycles. The molecule has 5 heteroatoms. The van der Waals surface area contributed by atoms with Crippen LogP contribution in [0.5, 0.6) is 0 Å². The van der Waals surface area contributed by atoms with E-state index >= 15 is 0 Å². The lowest BCUT2D eigenvalue weighted by atomic mass is 10.1. The fourth-order valence-electron chi connectivity index (χ4n) is 2.15. The minimum atomic E-state index is -0.339. The Morgan fingerprint density at radius 1 is 1.05 bits per heavy atom. The SMILES string of the molecule is O=C(CNc1cccc(F)c1)Nc1ccc2cnccc2c1. The molecule has 110 valence electrons. The van der Waals surface area contributed by atoms with Crippen molar-refractivity contribution in [2.24, 2.45) is 0 Å². The predicted molar refractivity (Wildman–Crippen MR) is 85.3 cm³/mol. The Morgan fingerprint density at radius 3 is 2.82 bits per heavy atom. The highest BCUT2D eigenvalue weighted by Crippen LogP contribution is 2.18. The molecule has 0 aliphatic rings. The predicted octanol–water partition coefficient (Wildman–Crippen LogP) is 3.42. The normalized spacial score (nSPS) is 10.4. The lowest BCUT2D eigenvalue weighted by Gasteiger charge is -2.08. The summed E-state index contributed by atoms with van der Waals surface area (Å²) in [5.74, 6) is -0.536. The van der Waals surface area contributed by atoms with Gasteiger partial charge in [0, 0.05) is 29.2 Å². The van der Waals surface area contributed by atoms with E-state index in [1.165, 1.54) is 12.1 Å². The van der Waals surface area contributed by atoms with Crippen molar-refractivity contribution in [1.82, 2.24) is 4.98 Å². The largest absolute Gasteiger partial charge is 0.376 e. The van der Waals surface area contributed by atoms with Gasteiger partial charge in [0.2, 0.25) is 5.91 Å². The Balaban J connectivity index is 1.63. The van der Waals surface area contributed by atoms with Crippen LogP contribution in [0.1, 0.15) is 0 Å². The first kappa shape index (κ1) is 14.0. The number of carbonyl (C=O) groups excluding carboxylic acids is 1. The minimum Gasteiger partial charge on any atom is -0.376 e. The third kappa shape index (κ3) is 3.38. The summed E-state index contributed by atoms with van der Waals surface area (Å²) in [6.45, 7) is 0.0673. The number of aromatic nitrogens is 1. The van der Waals surface area contributed by atoms with Crippen LogP contribution in [0.25, 0.3) is 10.8 Å². The Morgan fingerprint density at radius 2 is 1.95 bits per heavy atom. The van der Waals surface area contributed by atoms with E-state index in [9.17, 15) is 9.18 Å². The molecule has 2 N–H and O–H groups in total. The Bertz CT molecular complexity index is 820. The fraction of sp³-hybridized carbons (Fsp3) is 0.0588. The smallest absolute Gasteiger partial charge is 0.243 e. The summed E-state index contributed by atoms with van der Waals surface area (Å²) in [5, 5.41) is 7.70. The molecule has 0 bridgehead atoms. The van der Waals surface area contributed by atoms with Crippen molar-refractivity contribution < 1.29 is 9.18 Å². The number of carbonyl (C=O) groups is 1. The monoisotopic (exact) mass is 295 g/mol. The van der Waals surface area contributed by atoms with Gasteiger partial charge < -0.3 is 10.6 Å².